The maximum atomic E-state index is 13.8. The molecule has 0 unspecified atom stereocenters. The van der Waals surface area contributed by atoms with E-state index >= 15 is 0 Å². The van der Waals surface area contributed by atoms with E-state index in [2.05, 4.69) is 0 Å². The van der Waals surface area contributed by atoms with Gasteiger partial charge in [0.2, 0.25) is 0 Å². The van der Waals surface area contributed by atoms with Crippen LogP contribution in [0.3, 0.4) is 0 Å². The highest BCUT2D eigenvalue weighted by Gasteiger charge is 2.21. The summed E-state index contributed by atoms with van der Waals surface area (Å²) in [6.07, 6.45) is 0. The van der Waals surface area contributed by atoms with Gasteiger partial charge in [-0.1, -0.05) is 29.8 Å². The molecule has 106 valence electrons. The van der Waals surface area contributed by atoms with E-state index in [0.717, 1.165) is 0 Å². The summed E-state index contributed by atoms with van der Waals surface area (Å²) < 4.78 is 38.6. The molecule has 2 aromatic carbocycles. The van der Waals surface area contributed by atoms with Gasteiger partial charge in [0, 0.05) is 11.3 Å². The first-order chi connectivity index (χ1) is 9.33. The third-order valence-electron chi connectivity index (χ3n) is 3.04. The van der Waals surface area contributed by atoms with Crippen LogP contribution in [0.4, 0.5) is 10.1 Å². The predicted octanol–water partition coefficient (Wildman–Crippen LogP) is 3.34. The standard InChI is InChI=1S/C14H13ClFNO2S/c1-9-12(17)6-3-7-13(9)20(18,19)8-10-4-2-5-11(15)14(10)16/h2-7H,8,17H2,1H3. The zero-order valence-corrected chi connectivity index (χ0v) is 12.3. The lowest BCUT2D eigenvalue weighted by Crippen LogP contribution is -2.09. The zero-order valence-electron chi connectivity index (χ0n) is 10.7. The Kier molecular flexibility index (Phi) is 4.01. The Morgan fingerprint density at radius 1 is 1.20 bits per heavy atom. The number of sulfone groups is 1. The summed E-state index contributed by atoms with van der Waals surface area (Å²) in [4.78, 5) is 0.108. The van der Waals surface area contributed by atoms with Crippen LogP contribution in [0.2, 0.25) is 5.02 Å². The number of hydrogen-bond acceptors (Lipinski definition) is 3. The van der Waals surface area contributed by atoms with Crippen molar-refractivity contribution in [2.75, 3.05) is 5.73 Å². The van der Waals surface area contributed by atoms with Crippen molar-refractivity contribution < 1.29 is 12.8 Å². The van der Waals surface area contributed by atoms with Gasteiger partial charge in [-0.25, -0.2) is 12.8 Å². The van der Waals surface area contributed by atoms with E-state index in [9.17, 15) is 12.8 Å². The molecule has 6 heteroatoms. The molecule has 0 aliphatic heterocycles. The molecule has 0 radical (unpaired) electrons. The molecule has 2 N–H and O–H groups in total. The van der Waals surface area contributed by atoms with Crippen LogP contribution in [0, 0.1) is 12.7 Å². The first kappa shape index (κ1) is 14.8. The van der Waals surface area contributed by atoms with Crippen LogP contribution in [-0.4, -0.2) is 8.42 Å². The zero-order chi connectivity index (χ0) is 14.9. The van der Waals surface area contributed by atoms with Gasteiger partial charge >= 0.3 is 0 Å². The quantitative estimate of drug-likeness (QED) is 0.884. The van der Waals surface area contributed by atoms with E-state index < -0.39 is 21.4 Å². The maximum absolute atomic E-state index is 13.8. The molecule has 0 fully saturated rings. The minimum Gasteiger partial charge on any atom is -0.398 e. The molecular formula is C14H13ClFNO2S. The van der Waals surface area contributed by atoms with Gasteiger partial charge in [0.1, 0.15) is 5.82 Å². The third-order valence-corrected chi connectivity index (χ3v) is 5.13. The molecule has 0 aliphatic rings. The van der Waals surface area contributed by atoms with E-state index in [0.29, 0.717) is 11.3 Å². The third kappa shape index (κ3) is 2.78. The summed E-state index contributed by atoms with van der Waals surface area (Å²) in [5.41, 5.74) is 6.60. The largest absolute Gasteiger partial charge is 0.398 e. The Labute approximate surface area is 122 Å². The second-order valence-corrected chi connectivity index (χ2v) is 6.81. The van der Waals surface area contributed by atoms with Crippen LogP contribution < -0.4 is 5.73 Å². The monoisotopic (exact) mass is 313 g/mol. The highest BCUT2D eigenvalue weighted by molar-refractivity contribution is 7.90. The van der Waals surface area contributed by atoms with Crippen molar-refractivity contribution in [3.8, 4) is 0 Å². The van der Waals surface area contributed by atoms with E-state index in [1.54, 1.807) is 19.1 Å². The van der Waals surface area contributed by atoms with Gasteiger partial charge in [-0.2, -0.15) is 0 Å². The van der Waals surface area contributed by atoms with Crippen LogP contribution in [0.1, 0.15) is 11.1 Å². The second-order valence-electron chi connectivity index (χ2n) is 4.44. The van der Waals surface area contributed by atoms with Crippen molar-refractivity contribution in [1.82, 2.24) is 0 Å². The highest BCUT2D eigenvalue weighted by atomic mass is 35.5. The van der Waals surface area contributed by atoms with E-state index in [1.165, 1.54) is 24.3 Å². The number of anilines is 1. The first-order valence-electron chi connectivity index (χ1n) is 5.83. The smallest absolute Gasteiger partial charge is 0.182 e. The fourth-order valence-electron chi connectivity index (χ4n) is 1.91. The maximum Gasteiger partial charge on any atom is 0.182 e. The SMILES string of the molecule is Cc1c(N)cccc1S(=O)(=O)Cc1cccc(Cl)c1F. The number of nitrogen functional groups attached to an aromatic ring is 1. The molecule has 0 saturated carbocycles. The predicted molar refractivity (Wildman–Crippen MR) is 77.9 cm³/mol. The van der Waals surface area contributed by atoms with Crippen molar-refractivity contribution in [2.45, 2.75) is 17.6 Å². The molecule has 0 aromatic heterocycles. The summed E-state index contributed by atoms with van der Waals surface area (Å²) in [6.45, 7) is 1.62. The molecule has 0 bridgehead atoms. The molecule has 0 amide bonds. The van der Waals surface area contributed by atoms with Crippen molar-refractivity contribution >= 4 is 27.1 Å². The van der Waals surface area contributed by atoms with Gasteiger partial charge in [0.15, 0.2) is 9.84 Å². The molecule has 3 nitrogen and oxygen atoms in total. The molecular weight excluding hydrogens is 301 g/mol. The van der Waals surface area contributed by atoms with Gasteiger partial charge in [-0.05, 0) is 30.7 Å². The van der Waals surface area contributed by atoms with Crippen LogP contribution in [-0.2, 0) is 15.6 Å². The molecule has 0 heterocycles. The summed E-state index contributed by atoms with van der Waals surface area (Å²) >= 11 is 5.66. The molecule has 0 atom stereocenters. The Morgan fingerprint density at radius 3 is 2.55 bits per heavy atom. The topological polar surface area (TPSA) is 60.2 Å². The lowest BCUT2D eigenvalue weighted by atomic mass is 10.2. The minimum atomic E-state index is -3.68. The van der Waals surface area contributed by atoms with E-state index in [1.807, 2.05) is 0 Å². The molecule has 2 aromatic rings. The van der Waals surface area contributed by atoms with Crippen molar-refractivity contribution in [3.05, 3.63) is 58.4 Å². The van der Waals surface area contributed by atoms with E-state index in [4.69, 9.17) is 17.3 Å². The Balaban J connectivity index is 2.47. The van der Waals surface area contributed by atoms with Crippen molar-refractivity contribution in [1.29, 1.82) is 0 Å². The number of rotatable bonds is 3. The highest BCUT2D eigenvalue weighted by Crippen LogP contribution is 2.26. The minimum absolute atomic E-state index is 0.0410. The number of benzene rings is 2. The van der Waals surface area contributed by atoms with Gasteiger partial charge in [0.05, 0.1) is 15.7 Å². The average molecular weight is 314 g/mol. The second kappa shape index (κ2) is 5.42. The Hall–Kier alpha value is -1.59. The van der Waals surface area contributed by atoms with Crippen LogP contribution in [0.5, 0.6) is 0 Å². The Morgan fingerprint density at radius 2 is 1.85 bits per heavy atom. The number of hydrogen-bond donors (Lipinski definition) is 1. The van der Waals surface area contributed by atoms with Crippen molar-refractivity contribution in [2.24, 2.45) is 0 Å². The van der Waals surface area contributed by atoms with Crippen LogP contribution in [0.25, 0.3) is 0 Å². The van der Waals surface area contributed by atoms with Crippen LogP contribution >= 0.6 is 11.6 Å². The van der Waals surface area contributed by atoms with E-state index in [-0.39, 0.29) is 15.5 Å². The summed E-state index contributed by atoms with van der Waals surface area (Å²) in [6, 6.07) is 8.93. The lowest BCUT2D eigenvalue weighted by molar-refractivity contribution is 0.586. The first-order valence-corrected chi connectivity index (χ1v) is 7.86. The Bertz CT molecular complexity index is 760. The van der Waals surface area contributed by atoms with Crippen LogP contribution in [0.15, 0.2) is 41.3 Å². The normalized spacial score (nSPS) is 11.6. The fourth-order valence-corrected chi connectivity index (χ4v) is 3.76. The van der Waals surface area contributed by atoms with Gasteiger partial charge in [-0.15, -0.1) is 0 Å². The fraction of sp³-hybridized carbons (Fsp3) is 0.143. The summed E-state index contributed by atoms with van der Waals surface area (Å²) in [7, 11) is -3.68. The molecule has 0 saturated heterocycles. The number of halogens is 2. The van der Waals surface area contributed by atoms with Gasteiger partial charge in [-0.3, -0.25) is 0 Å². The summed E-state index contributed by atoms with van der Waals surface area (Å²) in [5, 5.41) is -0.0954. The van der Waals surface area contributed by atoms with Gasteiger partial charge < -0.3 is 5.73 Å². The van der Waals surface area contributed by atoms with Gasteiger partial charge in [0.25, 0.3) is 0 Å². The molecule has 20 heavy (non-hydrogen) atoms. The molecule has 0 spiro atoms. The molecule has 2 rings (SSSR count). The number of nitrogens with two attached hydrogens (primary N) is 1. The lowest BCUT2D eigenvalue weighted by Gasteiger charge is -2.10. The average Bonchev–Trinajstić information content (AvgIpc) is 2.38. The summed E-state index contributed by atoms with van der Waals surface area (Å²) in [5.74, 6) is -1.16. The molecule has 0 aliphatic carbocycles. The van der Waals surface area contributed by atoms with Crippen molar-refractivity contribution in [3.63, 3.8) is 0 Å².